The van der Waals surface area contributed by atoms with E-state index in [2.05, 4.69) is 0 Å². The molecule has 0 saturated heterocycles. The van der Waals surface area contributed by atoms with E-state index in [9.17, 15) is 4.79 Å². The number of methoxy groups -OCH3 is 1. The summed E-state index contributed by atoms with van der Waals surface area (Å²) in [5.41, 5.74) is 1.35. The summed E-state index contributed by atoms with van der Waals surface area (Å²) in [6, 6.07) is 10.9. The first-order valence-electron chi connectivity index (χ1n) is 5.58. The number of nitriles is 1. The van der Waals surface area contributed by atoms with Crippen LogP contribution in [0.4, 0.5) is 0 Å². The normalized spacial score (nSPS) is 10.8. The second kappa shape index (κ2) is 5.98. The number of allylic oxidation sites excluding steroid dienone is 1. The molecule has 0 fully saturated rings. The highest BCUT2D eigenvalue weighted by Gasteiger charge is 2.13. The van der Waals surface area contributed by atoms with Crippen LogP contribution < -0.4 is 4.74 Å². The molecule has 0 unspecified atom stereocenters. The molecule has 0 radical (unpaired) electrons. The van der Waals surface area contributed by atoms with Crippen LogP contribution in [0.5, 0.6) is 5.75 Å². The molecule has 0 N–H and O–H groups in total. The number of rotatable bonds is 4. The van der Waals surface area contributed by atoms with Crippen LogP contribution in [-0.4, -0.2) is 12.9 Å². The third-order valence-corrected chi connectivity index (χ3v) is 3.27. The van der Waals surface area contributed by atoms with Crippen LogP contribution >= 0.6 is 11.3 Å². The van der Waals surface area contributed by atoms with E-state index >= 15 is 0 Å². The van der Waals surface area contributed by atoms with Crippen LogP contribution in [0.15, 0.2) is 46.7 Å². The fraction of sp³-hybridized carbons (Fsp3) is 0.0667. The predicted molar refractivity (Wildman–Crippen MR) is 75.2 cm³/mol. The molecule has 94 valence electrons. The topological polar surface area (TPSA) is 50.1 Å². The molecule has 1 heterocycles. The molecule has 19 heavy (non-hydrogen) atoms. The maximum absolute atomic E-state index is 12.1. The average molecular weight is 269 g/mol. The van der Waals surface area contributed by atoms with Crippen LogP contribution in [0, 0.1) is 11.3 Å². The molecule has 3 nitrogen and oxygen atoms in total. The van der Waals surface area contributed by atoms with Crippen molar-refractivity contribution < 1.29 is 9.53 Å². The molecule has 0 amide bonds. The van der Waals surface area contributed by atoms with Gasteiger partial charge in [0.25, 0.3) is 0 Å². The van der Waals surface area contributed by atoms with Crippen molar-refractivity contribution in [3.05, 3.63) is 57.8 Å². The Labute approximate surface area is 115 Å². The zero-order chi connectivity index (χ0) is 13.7. The lowest BCUT2D eigenvalue weighted by Crippen LogP contribution is -2.00. The molecule has 2 aromatic rings. The van der Waals surface area contributed by atoms with E-state index in [4.69, 9.17) is 10.00 Å². The highest BCUT2D eigenvalue weighted by molar-refractivity contribution is 7.08. The first-order chi connectivity index (χ1) is 9.26. The third kappa shape index (κ3) is 2.90. The Morgan fingerprint density at radius 1 is 1.37 bits per heavy atom. The van der Waals surface area contributed by atoms with Crippen molar-refractivity contribution in [2.75, 3.05) is 7.11 Å². The summed E-state index contributed by atoms with van der Waals surface area (Å²) in [4.78, 5) is 12.1. The molecule has 4 heteroatoms. The Morgan fingerprint density at radius 2 is 2.16 bits per heavy atom. The number of hydrogen-bond donors (Lipinski definition) is 0. The molecule has 0 aliphatic carbocycles. The monoisotopic (exact) mass is 269 g/mol. The first kappa shape index (κ1) is 13.1. The maximum atomic E-state index is 12.1. The summed E-state index contributed by atoms with van der Waals surface area (Å²) in [7, 11) is 1.55. The minimum absolute atomic E-state index is 0.0999. The van der Waals surface area contributed by atoms with E-state index in [0.717, 1.165) is 0 Å². The van der Waals surface area contributed by atoms with Gasteiger partial charge < -0.3 is 4.74 Å². The van der Waals surface area contributed by atoms with Gasteiger partial charge in [-0.2, -0.15) is 16.6 Å². The van der Waals surface area contributed by atoms with Crippen LogP contribution in [-0.2, 0) is 0 Å². The standard InChI is InChI=1S/C15H11NO2S/c1-18-14-5-3-2-4-11(14)8-13(9-16)15(17)12-6-7-19-10-12/h2-8,10H,1H3/b13-8+. The van der Waals surface area contributed by atoms with Crippen molar-refractivity contribution >= 4 is 23.2 Å². The van der Waals surface area contributed by atoms with Crippen molar-refractivity contribution in [2.24, 2.45) is 0 Å². The number of thiophene rings is 1. The molecule has 0 spiro atoms. The largest absolute Gasteiger partial charge is 0.496 e. The van der Waals surface area contributed by atoms with E-state index in [1.54, 1.807) is 36.8 Å². The molecule has 0 aliphatic rings. The number of Topliss-reactive ketones (excluding diaryl/α,β-unsaturated/α-hetero) is 1. The van der Waals surface area contributed by atoms with Gasteiger partial charge in [-0.25, -0.2) is 0 Å². The van der Waals surface area contributed by atoms with E-state index in [1.807, 2.05) is 23.6 Å². The number of ether oxygens (including phenoxy) is 1. The molecule has 2 rings (SSSR count). The summed E-state index contributed by atoms with van der Waals surface area (Å²) in [5.74, 6) is 0.364. The number of nitrogens with zero attached hydrogens (tertiary/aromatic N) is 1. The Bertz CT molecular complexity index is 651. The van der Waals surface area contributed by atoms with Gasteiger partial charge in [0.2, 0.25) is 5.78 Å². The molecule has 1 aromatic heterocycles. The highest BCUT2D eigenvalue weighted by atomic mass is 32.1. The first-order valence-corrected chi connectivity index (χ1v) is 6.52. The van der Waals surface area contributed by atoms with Crippen LogP contribution in [0.2, 0.25) is 0 Å². The van der Waals surface area contributed by atoms with Crippen molar-refractivity contribution in [2.45, 2.75) is 0 Å². The Hall–Kier alpha value is -2.38. The maximum Gasteiger partial charge on any atom is 0.204 e. The lowest BCUT2D eigenvalue weighted by Gasteiger charge is -2.04. The van der Waals surface area contributed by atoms with Crippen molar-refractivity contribution in [3.8, 4) is 11.8 Å². The van der Waals surface area contributed by atoms with Crippen LogP contribution in [0.3, 0.4) is 0 Å². The molecular weight excluding hydrogens is 258 g/mol. The zero-order valence-electron chi connectivity index (χ0n) is 10.3. The summed E-state index contributed by atoms with van der Waals surface area (Å²) in [6.07, 6.45) is 1.55. The van der Waals surface area contributed by atoms with Gasteiger partial charge in [-0.1, -0.05) is 18.2 Å². The number of para-hydroxylation sites is 1. The molecule has 0 aliphatic heterocycles. The number of carbonyl (C=O) groups excluding carboxylic acids is 1. The number of carbonyl (C=O) groups is 1. The molecule has 0 saturated carbocycles. The number of benzene rings is 1. The van der Waals surface area contributed by atoms with E-state index in [-0.39, 0.29) is 11.4 Å². The molecule has 1 aromatic carbocycles. The molecular formula is C15H11NO2S. The zero-order valence-corrected chi connectivity index (χ0v) is 11.1. The fourth-order valence-electron chi connectivity index (χ4n) is 1.64. The second-order valence-corrected chi connectivity index (χ2v) is 4.53. The Morgan fingerprint density at radius 3 is 2.79 bits per heavy atom. The lowest BCUT2D eigenvalue weighted by atomic mass is 10.0. The van der Waals surface area contributed by atoms with E-state index in [0.29, 0.717) is 16.9 Å². The number of hydrogen-bond acceptors (Lipinski definition) is 4. The Balaban J connectivity index is 2.40. The summed E-state index contributed by atoms with van der Waals surface area (Å²) in [5, 5.41) is 12.7. The number of ketones is 1. The summed E-state index contributed by atoms with van der Waals surface area (Å²) >= 11 is 1.43. The average Bonchev–Trinajstić information content (AvgIpc) is 2.98. The van der Waals surface area contributed by atoms with Crippen molar-refractivity contribution in [3.63, 3.8) is 0 Å². The van der Waals surface area contributed by atoms with Gasteiger partial charge in [0.05, 0.1) is 7.11 Å². The van der Waals surface area contributed by atoms with E-state index in [1.165, 1.54) is 11.3 Å². The second-order valence-electron chi connectivity index (χ2n) is 3.75. The highest BCUT2D eigenvalue weighted by Crippen LogP contribution is 2.22. The smallest absolute Gasteiger partial charge is 0.204 e. The van der Waals surface area contributed by atoms with E-state index < -0.39 is 0 Å². The van der Waals surface area contributed by atoms with Gasteiger partial charge in [0.1, 0.15) is 17.4 Å². The van der Waals surface area contributed by atoms with Gasteiger partial charge in [0, 0.05) is 16.5 Å². The third-order valence-electron chi connectivity index (χ3n) is 2.59. The SMILES string of the molecule is COc1ccccc1/C=C(\C#N)C(=O)c1ccsc1. The van der Waals surface area contributed by atoms with Crippen molar-refractivity contribution in [1.82, 2.24) is 0 Å². The van der Waals surface area contributed by atoms with Gasteiger partial charge in [0.15, 0.2) is 0 Å². The van der Waals surface area contributed by atoms with Gasteiger partial charge in [-0.3, -0.25) is 4.79 Å². The quantitative estimate of drug-likeness (QED) is 0.484. The predicted octanol–water partition coefficient (Wildman–Crippen LogP) is 3.55. The van der Waals surface area contributed by atoms with Crippen molar-refractivity contribution in [1.29, 1.82) is 5.26 Å². The minimum atomic E-state index is -0.269. The minimum Gasteiger partial charge on any atom is -0.496 e. The summed E-state index contributed by atoms with van der Waals surface area (Å²) < 4.78 is 5.20. The molecule has 0 bridgehead atoms. The fourth-order valence-corrected chi connectivity index (χ4v) is 2.27. The lowest BCUT2D eigenvalue weighted by molar-refractivity contribution is 0.104. The van der Waals surface area contributed by atoms with Crippen LogP contribution in [0.25, 0.3) is 6.08 Å². The summed E-state index contributed by atoms with van der Waals surface area (Å²) in [6.45, 7) is 0. The van der Waals surface area contributed by atoms with Crippen LogP contribution in [0.1, 0.15) is 15.9 Å². The van der Waals surface area contributed by atoms with Gasteiger partial charge in [-0.05, 0) is 23.6 Å². The van der Waals surface area contributed by atoms with Gasteiger partial charge in [-0.15, -0.1) is 0 Å². The van der Waals surface area contributed by atoms with Gasteiger partial charge >= 0.3 is 0 Å². The molecule has 0 atom stereocenters. The Kier molecular flexibility index (Phi) is 4.11.